The molecule has 0 bridgehead atoms. The number of anilines is 1. The van der Waals surface area contributed by atoms with E-state index in [9.17, 15) is 9.18 Å². The Morgan fingerprint density at radius 1 is 1.22 bits per heavy atom. The van der Waals surface area contributed by atoms with Crippen LogP contribution in [0.2, 0.25) is 5.02 Å². The lowest BCUT2D eigenvalue weighted by Crippen LogP contribution is -2.12. The van der Waals surface area contributed by atoms with E-state index in [1.54, 1.807) is 24.3 Å². The van der Waals surface area contributed by atoms with E-state index >= 15 is 0 Å². The van der Waals surface area contributed by atoms with E-state index in [1.807, 2.05) is 22.6 Å². The van der Waals surface area contributed by atoms with Gasteiger partial charge in [-0.25, -0.2) is 4.39 Å². The van der Waals surface area contributed by atoms with Crippen LogP contribution in [0.15, 0.2) is 42.5 Å². The molecule has 0 unspecified atom stereocenters. The molecular weight excluding hydrogens is 368 g/mol. The van der Waals surface area contributed by atoms with Gasteiger partial charge in [-0.05, 0) is 59.0 Å². The molecule has 0 saturated carbocycles. The standard InChI is InChI=1S/C13H8ClFINO/c14-9-3-1-2-8(6-9)13(18)17-12-5-4-10(15)7-11(12)16/h1-7H,(H,17,18). The Kier molecular flexibility index (Phi) is 4.19. The van der Waals surface area contributed by atoms with Crippen LogP contribution < -0.4 is 5.32 Å². The summed E-state index contributed by atoms with van der Waals surface area (Å²) in [6.07, 6.45) is 0. The first kappa shape index (κ1) is 13.3. The highest BCUT2D eigenvalue weighted by molar-refractivity contribution is 14.1. The lowest BCUT2D eigenvalue weighted by Gasteiger charge is -2.07. The highest BCUT2D eigenvalue weighted by atomic mass is 127. The fourth-order valence-corrected chi connectivity index (χ4v) is 2.22. The molecule has 0 spiro atoms. The van der Waals surface area contributed by atoms with Gasteiger partial charge in [0.25, 0.3) is 5.91 Å². The maximum atomic E-state index is 12.9. The third-order valence-electron chi connectivity index (χ3n) is 2.27. The van der Waals surface area contributed by atoms with Crippen LogP contribution in [0.25, 0.3) is 0 Å². The second-order valence-corrected chi connectivity index (χ2v) is 5.19. The van der Waals surface area contributed by atoms with Crippen LogP contribution in [-0.4, -0.2) is 5.91 Å². The minimum Gasteiger partial charge on any atom is -0.321 e. The van der Waals surface area contributed by atoms with E-state index in [0.29, 0.717) is 19.8 Å². The molecule has 0 aliphatic heterocycles. The molecule has 2 rings (SSSR count). The van der Waals surface area contributed by atoms with Gasteiger partial charge in [-0.1, -0.05) is 17.7 Å². The predicted molar refractivity (Wildman–Crippen MR) is 78.5 cm³/mol. The molecule has 0 aliphatic rings. The molecule has 5 heteroatoms. The van der Waals surface area contributed by atoms with Crippen LogP contribution in [0.1, 0.15) is 10.4 Å². The average Bonchev–Trinajstić information content (AvgIpc) is 2.32. The first-order valence-corrected chi connectivity index (χ1v) is 6.54. The summed E-state index contributed by atoms with van der Waals surface area (Å²) >= 11 is 7.78. The fraction of sp³-hybridized carbons (Fsp3) is 0. The zero-order chi connectivity index (χ0) is 13.1. The number of carbonyl (C=O) groups excluding carboxylic acids is 1. The first-order chi connectivity index (χ1) is 8.56. The molecule has 0 radical (unpaired) electrons. The number of hydrogen-bond donors (Lipinski definition) is 1. The van der Waals surface area contributed by atoms with Crippen molar-refractivity contribution in [1.29, 1.82) is 0 Å². The van der Waals surface area contributed by atoms with Gasteiger partial charge in [0.2, 0.25) is 0 Å². The summed E-state index contributed by atoms with van der Waals surface area (Å²) in [4.78, 5) is 11.9. The molecule has 1 amide bonds. The molecule has 2 nitrogen and oxygen atoms in total. The molecule has 0 aromatic heterocycles. The zero-order valence-electron chi connectivity index (χ0n) is 9.08. The van der Waals surface area contributed by atoms with Crippen LogP contribution in [0.3, 0.4) is 0 Å². The Morgan fingerprint density at radius 3 is 2.67 bits per heavy atom. The van der Waals surface area contributed by atoms with Crippen LogP contribution in [0, 0.1) is 9.39 Å². The van der Waals surface area contributed by atoms with Gasteiger partial charge in [0, 0.05) is 14.2 Å². The summed E-state index contributed by atoms with van der Waals surface area (Å²) in [7, 11) is 0. The van der Waals surface area contributed by atoms with E-state index in [4.69, 9.17) is 11.6 Å². The Balaban J connectivity index is 2.21. The molecular formula is C13H8ClFINO. The summed E-state index contributed by atoms with van der Waals surface area (Å²) in [6, 6.07) is 10.8. The third-order valence-corrected chi connectivity index (χ3v) is 3.39. The van der Waals surface area contributed by atoms with Gasteiger partial charge < -0.3 is 5.32 Å². The van der Waals surface area contributed by atoms with Gasteiger partial charge in [0.15, 0.2) is 0 Å². The maximum absolute atomic E-state index is 12.9. The van der Waals surface area contributed by atoms with Crippen LogP contribution in [0.4, 0.5) is 10.1 Å². The van der Waals surface area contributed by atoms with Crippen molar-refractivity contribution in [3.63, 3.8) is 0 Å². The predicted octanol–water partition coefficient (Wildman–Crippen LogP) is 4.34. The van der Waals surface area contributed by atoms with Gasteiger partial charge in [-0.2, -0.15) is 0 Å². The van der Waals surface area contributed by atoms with E-state index in [2.05, 4.69) is 5.32 Å². The monoisotopic (exact) mass is 375 g/mol. The second kappa shape index (κ2) is 5.67. The van der Waals surface area contributed by atoms with Crippen molar-refractivity contribution >= 4 is 45.8 Å². The lowest BCUT2D eigenvalue weighted by atomic mass is 10.2. The summed E-state index contributed by atoms with van der Waals surface area (Å²) in [5, 5.41) is 3.21. The number of amides is 1. The van der Waals surface area contributed by atoms with Gasteiger partial charge in [-0.3, -0.25) is 4.79 Å². The Morgan fingerprint density at radius 2 is 2.00 bits per heavy atom. The number of hydrogen-bond acceptors (Lipinski definition) is 1. The smallest absolute Gasteiger partial charge is 0.255 e. The number of carbonyl (C=O) groups is 1. The highest BCUT2D eigenvalue weighted by Gasteiger charge is 2.09. The van der Waals surface area contributed by atoms with E-state index in [0.717, 1.165) is 0 Å². The summed E-state index contributed by atoms with van der Waals surface area (Å²) < 4.78 is 13.6. The van der Waals surface area contributed by atoms with Crippen molar-refractivity contribution in [3.05, 3.63) is 62.4 Å². The van der Waals surface area contributed by atoms with Crippen molar-refractivity contribution in [2.24, 2.45) is 0 Å². The Hall–Kier alpha value is -1.14. The maximum Gasteiger partial charge on any atom is 0.255 e. The third kappa shape index (κ3) is 3.20. The molecule has 0 aliphatic carbocycles. The fourth-order valence-electron chi connectivity index (χ4n) is 1.42. The molecule has 2 aromatic carbocycles. The number of nitrogens with one attached hydrogen (secondary N) is 1. The molecule has 1 N–H and O–H groups in total. The molecule has 18 heavy (non-hydrogen) atoms. The van der Waals surface area contributed by atoms with Crippen LogP contribution in [-0.2, 0) is 0 Å². The number of halogens is 3. The topological polar surface area (TPSA) is 29.1 Å². The largest absolute Gasteiger partial charge is 0.321 e. The van der Waals surface area contributed by atoms with Crippen molar-refractivity contribution in [3.8, 4) is 0 Å². The normalized spacial score (nSPS) is 10.2. The zero-order valence-corrected chi connectivity index (χ0v) is 12.0. The average molecular weight is 376 g/mol. The van der Waals surface area contributed by atoms with Crippen molar-refractivity contribution in [2.45, 2.75) is 0 Å². The molecule has 2 aromatic rings. The van der Waals surface area contributed by atoms with Crippen molar-refractivity contribution in [1.82, 2.24) is 0 Å². The lowest BCUT2D eigenvalue weighted by molar-refractivity contribution is 0.102. The second-order valence-electron chi connectivity index (χ2n) is 3.59. The van der Waals surface area contributed by atoms with Crippen molar-refractivity contribution < 1.29 is 9.18 Å². The molecule has 0 atom stereocenters. The quantitative estimate of drug-likeness (QED) is 0.778. The summed E-state index contributed by atoms with van der Waals surface area (Å²) in [5.74, 6) is -0.609. The summed E-state index contributed by atoms with van der Waals surface area (Å²) in [6.45, 7) is 0. The van der Waals surface area contributed by atoms with Gasteiger partial charge in [0.05, 0.1) is 5.69 Å². The first-order valence-electron chi connectivity index (χ1n) is 5.08. The van der Waals surface area contributed by atoms with Gasteiger partial charge in [-0.15, -0.1) is 0 Å². The van der Waals surface area contributed by atoms with Gasteiger partial charge >= 0.3 is 0 Å². The van der Waals surface area contributed by atoms with E-state index < -0.39 is 0 Å². The van der Waals surface area contributed by atoms with E-state index in [-0.39, 0.29) is 11.7 Å². The minimum absolute atomic E-state index is 0.276. The van der Waals surface area contributed by atoms with E-state index in [1.165, 1.54) is 18.2 Å². The Labute approximate surface area is 122 Å². The molecule has 0 heterocycles. The molecule has 0 fully saturated rings. The van der Waals surface area contributed by atoms with Gasteiger partial charge in [0.1, 0.15) is 5.82 Å². The Bertz CT molecular complexity index is 603. The molecule has 0 saturated heterocycles. The molecule has 92 valence electrons. The van der Waals surface area contributed by atoms with Crippen molar-refractivity contribution in [2.75, 3.05) is 5.32 Å². The van der Waals surface area contributed by atoms with Crippen LogP contribution >= 0.6 is 34.2 Å². The minimum atomic E-state index is -0.333. The number of rotatable bonds is 2. The van der Waals surface area contributed by atoms with Crippen LogP contribution in [0.5, 0.6) is 0 Å². The summed E-state index contributed by atoms with van der Waals surface area (Å²) in [5.41, 5.74) is 1.03. The highest BCUT2D eigenvalue weighted by Crippen LogP contribution is 2.20. The number of benzene rings is 2. The SMILES string of the molecule is O=C(Nc1ccc(F)cc1I)c1cccc(Cl)c1.